The zero-order valence-electron chi connectivity index (χ0n) is 29.9. The first kappa shape index (κ1) is 35.8. The average molecular weight is 710 g/mol. The van der Waals surface area contributed by atoms with Gasteiger partial charge < -0.3 is 23.7 Å². The largest absolute Gasteiger partial charge is 0.489 e. The lowest BCUT2D eigenvalue weighted by Crippen LogP contribution is -2.53. The van der Waals surface area contributed by atoms with Crippen molar-refractivity contribution in [2.45, 2.75) is 65.1 Å². The van der Waals surface area contributed by atoms with Gasteiger partial charge in [0.25, 0.3) is 11.8 Å². The van der Waals surface area contributed by atoms with E-state index in [1.807, 2.05) is 13.8 Å². The highest BCUT2D eigenvalue weighted by Gasteiger charge is 2.33. The summed E-state index contributed by atoms with van der Waals surface area (Å²) in [5.41, 5.74) is 5.26. The van der Waals surface area contributed by atoms with Crippen LogP contribution in [0.4, 0.5) is 5.69 Å². The van der Waals surface area contributed by atoms with Gasteiger partial charge in [-0.25, -0.2) is 9.52 Å². The van der Waals surface area contributed by atoms with E-state index in [1.54, 1.807) is 18.9 Å². The molecular weight excluding hydrogens is 662 g/mol. The molecule has 2 aromatic carbocycles. The number of hydrogen-bond donors (Lipinski definition) is 1. The zero-order chi connectivity index (χ0) is 36.1. The first-order chi connectivity index (χ1) is 23.7. The Morgan fingerprint density at radius 1 is 1.04 bits per heavy atom. The van der Waals surface area contributed by atoms with E-state index in [-0.39, 0.29) is 35.9 Å². The molecule has 0 unspecified atom stereocenters. The summed E-state index contributed by atoms with van der Waals surface area (Å²) >= 11 is 0. The van der Waals surface area contributed by atoms with Gasteiger partial charge in [-0.2, -0.15) is 12.7 Å². The molecule has 50 heavy (non-hydrogen) atoms. The van der Waals surface area contributed by atoms with E-state index in [9.17, 15) is 22.8 Å². The average Bonchev–Trinajstić information content (AvgIpc) is 3.05. The van der Waals surface area contributed by atoms with E-state index in [2.05, 4.69) is 27.6 Å². The van der Waals surface area contributed by atoms with Gasteiger partial charge in [0.05, 0.1) is 36.4 Å². The van der Waals surface area contributed by atoms with Gasteiger partial charge in [0.1, 0.15) is 11.3 Å². The molecular formula is C36H47N5O8S. The minimum Gasteiger partial charge on any atom is -0.489 e. The fourth-order valence-corrected chi connectivity index (χ4v) is 7.66. The molecule has 2 aliphatic heterocycles. The van der Waals surface area contributed by atoms with E-state index < -0.39 is 21.7 Å². The van der Waals surface area contributed by atoms with Crippen molar-refractivity contribution in [1.29, 1.82) is 0 Å². The first-order valence-electron chi connectivity index (χ1n) is 17.1. The maximum atomic E-state index is 14.1. The summed E-state index contributed by atoms with van der Waals surface area (Å²) in [5.74, 6) is -0.976. The molecule has 1 atom stereocenters. The fourth-order valence-electron chi connectivity index (χ4n) is 7.13. The van der Waals surface area contributed by atoms with Crippen LogP contribution in [0.1, 0.15) is 67.8 Å². The van der Waals surface area contributed by atoms with Crippen molar-refractivity contribution in [2.75, 3.05) is 65.9 Å². The summed E-state index contributed by atoms with van der Waals surface area (Å²) in [7, 11) is 2.42. The van der Waals surface area contributed by atoms with Crippen molar-refractivity contribution >= 4 is 38.7 Å². The lowest BCUT2D eigenvalue weighted by atomic mass is 9.92. The number of aryl methyl sites for hydroxylation is 2. The van der Waals surface area contributed by atoms with E-state index in [1.165, 1.54) is 26.2 Å². The number of amides is 2. The number of likely N-dealkylation sites (N-methyl/N-ethyl adjacent to an activating group) is 1. The van der Waals surface area contributed by atoms with E-state index >= 15 is 0 Å². The number of ether oxygens (including phenoxy) is 2. The number of rotatable bonds is 9. The Hall–Kier alpha value is -3.98. The van der Waals surface area contributed by atoms with Crippen LogP contribution in [0.3, 0.4) is 0 Å². The van der Waals surface area contributed by atoms with Crippen LogP contribution < -0.4 is 20.0 Å². The third-order valence-electron chi connectivity index (χ3n) is 10.5. The Bertz CT molecular complexity index is 2010. The number of carbonyl (C=O) groups is 2. The van der Waals surface area contributed by atoms with Crippen molar-refractivity contribution in [2.24, 2.45) is 0 Å². The number of methoxy groups -OCH3 is 1. The van der Waals surface area contributed by atoms with Gasteiger partial charge in [-0.15, -0.1) is 0 Å². The number of piperazine rings is 1. The molecule has 2 amide bonds. The highest BCUT2D eigenvalue weighted by atomic mass is 32.2. The topological polar surface area (TPSA) is 142 Å². The molecule has 6 rings (SSSR count). The van der Waals surface area contributed by atoms with Gasteiger partial charge in [0.15, 0.2) is 0 Å². The van der Waals surface area contributed by atoms with Crippen molar-refractivity contribution in [3.8, 4) is 5.75 Å². The minimum atomic E-state index is -4.05. The second kappa shape index (κ2) is 14.0. The lowest BCUT2D eigenvalue weighted by Gasteiger charge is -2.41. The third kappa shape index (κ3) is 6.61. The molecule has 1 aromatic heterocycles. The Kier molecular flexibility index (Phi) is 10.0. The maximum absolute atomic E-state index is 14.1. The smallest absolute Gasteiger partial charge is 0.341 e. The number of fused-ring (bicyclic) bond motifs is 3. The molecule has 1 saturated carbocycles. The molecule has 3 aliphatic rings. The van der Waals surface area contributed by atoms with Crippen molar-refractivity contribution < 1.29 is 31.9 Å². The quantitative estimate of drug-likeness (QED) is 0.330. The summed E-state index contributed by atoms with van der Waals surface area (Å²) in [6, 6.07) is 5.38. The number of anilines is 1. The highest BCUT2D eigenvalue weighted by molar-refractivity contribution is 7.87. The second-order valence-electron chi connectivity index (χ2n) is 13.9. The molecule has 13 nitrogen and oxygen atoms in total. The third-order valence-corrected chi connectivity index (χ3v) is 11.9. The van der Waals surface area contributed by atoms with Crippen LogP contribution in [-0.2, 0) is 27.9 Å². The van der Waals surface area contributed by atoms with E-state index in [4.69, 9.17) is 13.9 Å². The number of carbonyl (C=O) groups excluding carboxylic acids is 2. The Balaban J connectivity index is 1.30. The van der Waals surface area contributed by atoms with Crippen LogP contribution in [0.5, 0.6) is 5.75 Å². The Morgan fingerprint density at radius 3 is 2.42 bits per heavy atom. The van der Waals surface area contributed by atoms with Crippen LogP contribution in [-0.4, -0.2) is 108 Å². The number of nitrogens with zero attached hydrogens (tertiary/aromatic N) is 4. The van der Waals surface area contributed by atoms with Crippen molar-refractivity contribution in [1.82, 2.24) is 18.8 Å². The molecule has 0 spiro atoms. The minimum absolute atomic E-state index is 0.0310. The lowest BCUT2D eigenvalue weighted by molar-refractivity contribution is 0.0728. The molecule has 1 saturated heterocycles. The van der Waals surface area contributed by atoms with Crippen LogP contribution in [0, 0.1) is 20.8 Å². The second-order valence-corrected chi connectivity index (χ2v) is 15.8. The molecule has 0 radical (unpaired) electrons. The van der Waals surface area contributed by atoms with Crippen molar-refractivity contribution in [3.05, 3.63) is 67.6 Å². The molecule has 1 aliphatic carbocycles. The van der Waals surface area contributed by atoms with Gasteiger partial charge in [0, 0.05) is 75.1 Å². The maximum Gasteiger partial charge on any atom is 0.341 e. The van der Waals surface area contributed by atoms with E-state index in [0.717, 1.165) is 71.0 Å². The molecule has 2 fully saturated rings. The normalized spacial score (nSPS) is 18.7. The molecule has 0 bridgehead atoms. The molecule has 1 N–H and O–H groups in total. The monoisotopic (exact) mass is 709 g/mol. The molecule has 3 heterocycles. The number of nitrogens with one attached hydrogen (secondary N) is 1. The number of benzene rings is 2. The first-order valence-corrected chi connectivity index (χ1v) is 18.5. The van der Waals surface area contributed by atoms with Gasteiger partial charge >= 0.3 is 15.8 Å². The zero-order valence-corrected chi connectivity index (χ0v) is 30.7. The molecule has 270 valence electrons. The van der Waals surface area contributed by atoms with Gasteiger partial charge in [-0.1, -0.05) is 0 Å². The fraction of sp³-hybridized carbons (Fsp3) is 0.528. The van der Waals surface area contributed by atoms with Gasteiger partial charge in [-0.3, -0.25) is 14.5 Å². The molecule has 14 heteroatoms. The molecule has 3 aromatic rings. The van der Waals surface area contributed by atoms with Crippen LogP contribution in [0.25, 0.3) is 11.0 Å². The van der Waals surface area contributed by atoms with Gasteiger partial charge in [0.2, 0.25) is 0 Å². The SMILES string of the molecule is COC[C@H]1CN(c2cc(C)c3c4c(c(=O)oc3c2C)CN(C(=O)c2ccc(C(=O)NS(=O)(=O)N(C)C)c(OC3CCC3)c2C)CC4)CCN1C. The Labute approximate surface area is 293 Å². The van der Waals surface area contributed by atoms with E-state index in [0.29, 0.717) is 41.8 Å². The summed E-state index contributed by atoms with van der Waals surface area (Å²) < 4.78 is 45.5. The summed E-state index contributed by atoms with van der Waals surface area (Å²) in [6.07, 6.45) is 2.91. The Morgan fingerprint density at radius 2 is 1.76 bits per heavy atom. The summed E-state index contributed by atoms with van der Waals surface area (Å²) in [6.45, 7) is 9.36. The van der Waals surface area contributed by atoms with Gasteiger partial charge in [-0.05, 0) is 82.8 Å². The van der Waals surface area contributed by atoms with Crippen LogP contribution in [0.2, 0.25) is 0 Å². The summed E-state index contributed by atoms with van der Waals surface area (Å²) in [4.78, 5) is 47.1. The predicted molar refractivity (Wildman–Crippen MR) is 190 cm³/mol. The van der Waals surface area contributed by atoms with Crippen LogP contribution in [0.15, 0.2) is 27.4 Å². The summed E-state index contributed by atoms with van der Waals surface area (Å²) in [5, 5.41) is 0.922. The van der Waals surface area contributed by atoms with Crippen molar-refractivity contribution in [3.63, 3.8) is 0 Å². The highest BCUT2D eigenvalue weighted by Crippen LogP contribution is 2.37. The standard InChI is InChI=1S/C36H47N5O8S/c1-21-17-30(40-16-15-39(6)24(18-40)20-47-7)23(3)33-31(21)27-13-14-41(19-29(27)36(44)49-33)35(43)26-11-12-28(34(42)37-50(45,46)38(4)5)32(22(26)2)48-25-9-8-10-25/h11-12,17,24-25H,8-10,13-16,18-20H2,1-7H3,(H,37,42)/t24-/m1/s1. The number of hydrogen-bond acceptors (Lipinski definition) is 10. The predicted octanol–water partition coefficient (Wildman–Crippen LogP) is 3.15. The van der Waals surface area contributed by atoms with Crippen LogP contribution >= 0.6 is 0 Å².